The number of hydrogen-bond acceptors (Lipinski definition) is 2. The maximum absolute atomic E-state index is 12.9. The summed E-state index contributed by atoms with van der Waals surface area (Å²) >= 11 is 2.24. The van der Waals surface area contributed by atoms with Gasteiger partial charge in [-0.3, -0.25) is 4.79 Å². The van der Waals surface area contributed by atoms with E-state index in [4.69, 9.17) is 5.73 Å². The van der Waals surface area contributed by atoms with E-state index < -0.39 is 0 Å². The van der Waals surface area contributed by atoms with Gasteiger partial charge >= 0.3 is 0 Å². The third kappa shape index (κ3) is 3.56. The van der Waals surface area contributed by atoms with Crippen molar-refractivity contribution in [3.05, 3.63) is 57.2 Å². The molecule has 0 aliphatic heterocycles. The number of rotatable bonds is 4. The van der Waals surface area contributed by atoms with Crippen LogP contribution in [-0.4, -0.2) is 12.5 Å². The molecule has 1 amide bonds. The highest BCUT2D eigenvalue weighted by atomic mass is 127. The number of nitrogen functional groups attached to an aromatic ring is 1. The van der Waals surface area contributed by atoms with Crippen LogP contribution < -0.4 is 10.6 Å². The molecule has 0 aliphatic rings. The minimum Gasteiger partial charge on any atom is -0.399 e. The number of nitrogens with zero attached hydrogens (tertiary/aromatic N) is 1. The quantitative estimate of drug-likeness (QED) is 0.623. The summed E-state index contributed by atoms with van der Waals surface area (Å²) in [7, 11) is 0. The lowest BCUT2D eigenvalue weighted by molar-refractivity contribution is 0.0986. The van der Waals surface area contributed by atoms with Gasteiger partial charge in [-0.25, -0.2) is 0 Å². The fourth-order valence-electron chi connectivity index (χ4n) is 2.18. The number of nitrogens with two attached hydrogens (primary N) is 1. The summed E-state index contributed by atoms with van der Waals surface area (Å²) in [6, 6.07) is 13.3. The molecule has 2 rings (SSSR count). The third-order valence-corrected chi connectivity index (χ3v) is 4.75. The Morgan fingerprint density at radius 1 is 1.19 bits per heavy atom. The van der Waals surface area contributed by atoms with Gasteiger partial charge in [-0.1, -0.05) is 19.1 Å². The average molecular weight is 394 g/mol. The van der Waals surface area contributed by atoms with Gasteiger partial charge in [-0.2, -0.15) is 0 Å². The normalized spacial score (nSPS) is 10.4. The first-order valence-electron chi connectivity index (χ1n) is 6.97. The van der Waals surface area contributed by atoms with Gasteiger partial charge in [0.25, 0.3) is 5.91 Å². The monoisotopic (exact) mass is 394 g/mol. The van der Waals surface area contributed by atoms with Crippen molar-refractivity contribution in [1.29, 1.82) is 0 Å². The molecule has 110 valence electrons. The molecule has 0 saturated heterocycles. The van der Waals surface area contributed by atoms with Crippen molar-refractivity contribution in [2.45, 2.75) is 20.3 Å². The predicted octanol–water partition coefficient (Wildman–Crippen LogP) is 4.24. The lowest BCUT2D eigenvalue weighted by atomic mass is 10.1. The van der Waals surface area contributed by atoms with Crippen molar-refractivity contribution in [2.24, 2.45) is 0 Å². The molecule has 2 aromatic carbocycles. The van der Waals surface area contributed by atoms with E-state index in [2.05, 4.69) is 29.5 Å². The molecule has 21 heavy (non-hydrogen) atoms. The number of carbonyl (C=O) groups is 1. The summed E-state index contributed by atoms with van der Waals surface area (Å²) in [6.45, 7) is 4.78. The fraction of sp³-hybridized carbons (Fsp3) is 0.235. The van der Waals surface area contributed by atoms with Crippen molar-refractivity contribution in [3.63, 3.8) is 0 Å². The molecule has 0 aromatic heterocycles. The van der Waals surface area contributed by atoms with Crippen LogP contribution in [0.1, 0.15) is 29.3 Å². The van der Waals surface area contributed by atoms with Crippen molar-refractivity contribution in [3.8, 4) is 0 Å². The summed E-state index contributed by atoms with van der Waals surface area (Å²) in [5.41, 5.74) is 9.18. The number of benzene rings is 2. The molecule has 3 nitrogen and oxygen atoms in total. The van der Waals surface area contributed by atoms with Gasteiger partial charge in [0.1, 0.15) is 0 Å². The first kappa shape index (κ1) is 15.8. The number of carbonyl (C=O) groups excluding carboxylic acids is 1. The lowest BCUT2D eigenvalue weighted by Crippen LogP contribution is -2.32. The maximum atomic E-state index is 12.9. The number of amides is 1. The second-order valence-corrected chi connectivity index (χ2v) is 6.06. The van der Waals surface area contributed by atoms with E-state index in [0.717, 1.165) is 26.8 Å². The molecule has 0 spiro atoms. The van der Waals surface area contributed by atoms with Gasteiger partial charge in [-0.15, -0.1) is 0 Å². The highest BCUT2D eigenvalue weighted by Crippen LogP contribution is 2.23. The molecule has 0 radical (unpaired) electrons. The van der Waals surface area contributed by atoms with Crippen LogP contribution in [0, 0.1) is 10.5 Å². The van der Waals surface area contributed by atoms with E-state index in [1.54, 1.807) is 0 Å². The van der Waals surface area contributed by atoms with Crippen LogP contribution in [0.4, 0.5) is 11.4 Å². The Kier molecular flexibility index (Phi) is 5.22. The van der Waals surface area contributed by atoms with Crippen molar-refractivity contribution < 1.29 is 4.79 Å². The summed E-state index contributed by atoms with van der Waals surface area (Å²) < 4.78 is 1.01. The molecular formula is C17H19IN2O. The molecule has 0 unspecified atom stereocenters. The zero-order chi connectivity index (χ0) is 15.4. The zero-order valence-corrected chi connectivity index (χ0v) is 14.4. The second-order valence-electron chi connectivity index (χ2n) is 4.98. The summed E-state index contributed by atoms with van der Waals surface area (Å²) in [4.78, 5) is 14.7. The second kappa shape index (κ2) is 6.93. The minimum absolute atomic E-state index is 0.0368. The van der Waals surface area contributed by atoms with Crippen molar-refractivity contribution in [2.75, 3.05) is 17.2 Å². The maximum Gasteiger partial charge on any atom is 0.259 e. The van der Waals surface area contributed by atoms with E-state index in [-0.39, 0.29) is 5.91 Å². The minimum atomic E-state index is 0.0368. The van der Waals surface area contributed by atoms with Gasteiger partial charge < -0.3 is 10.6 Å². The first-order valence-corrected chi connectivity index (χ1v) is 8.05. The van der Waals surface area contributed by atoms with Crippen LogP contribution in [-0.2, 0) is 0 Å². The molecule has 0 heterocycles. The number of hydrogen-bond donors (Lipinski definition) is 1. The largest absolute Gasteiger partial charge is 0.399 e. The Hall–Kier alpha value is -1.56. The van der Waals surface area contributed by atoms with Crippen molar-refractivity contribution >= 4 is 39.9 Å². The Morgan fingerprint density at radius 3 is 2.48 bits per heavy atom. The molecule has 0 fully saturated rings. The zero-order valence-electron chi connectivity index (χ0n) is 12.3. The molecule has 0 atom stereocenters. The Balaban J connectivity index is 2.40. The predicted molar refractivity (Wildman–Crippen MR) is 96.7 cm³/mol. The summed E-state index contributed by atoms with van der Waals surface area (Å²) in [5, 5.41) is 0. The average Bonchev–Trinajstić information content (AvgIpc) is 2.48. The number of halogens is 1. The van der Waals surface area contributed by atoms with Gasteiger partial charge in [0.05, 0.1) is 5.56 Å². The van der Waals surface area contributed by atoms with Crippen molar-refractivity contribution in [1.82, 2.24) is 0 Å². The van der Waals surface area contributed by atoms with Gasteiger partial charge in [0, 0.05) is 21.5 Å². The van der Waals surface area contributed by atoms with E-state index >= 15 is 0 Å². The highest BCUT2D eigenvalue weighted by Gasteiger charge is 2.19. The molecule has 0 aliphatic carbocycles. The van der Waals surface area contributed by atoms with Crippen LogP contribution in [0.2, 0.25) is 0 Å². The lowest BCUT2D eigenvalue weighted by Gasteiger charge is -2.23. The Bertz CT molecular complexity index is 638. The van der Waals surface area contributed by atoms with Crippen LogP contribution >= 0.6 is 22.6 Å². The molecule has 2 aromatic rings. The Labute approximate surface area is 139 Å². The van der Waals surface area contributed by atoms with E-state index in [1.807, 2.05) is 54.3 Å². The van der Waals surface area contributed by atoms with Gasteiger partial charge in [0.15, 0.2) is 0 Å². The van der Waals surface area contributed by atoms with E-state index in [1.165, 1.54) is 0 Å². The summed E-state index contributed by atoms with van der Waals surface area (Å²) in [6.07, 6.45) is 0.901. The van der Waals surface area contributed by atoms with Gasteiger partial charge in [0.2, 0.25) is 0 Å². The molecular weight excluding hydrogens is 375 g/mol. The molecule has 0 saturated carbocycles. The molecule has 0 bridgehead atoms. The first-order chi connectivity index (χ1) is 10.0. The Morgan fingerprint density at radius 2 is 1.86 bits per heavy atom. The third-order valence-electron chi connectivity index (χ3n) is 3.32. The highest BCUT2D eigenvalue weighted by molar-refractivity contribution is 14.1. The van der Waals surface area contributed by atoms with Crippen LogP contribution in [0.25, 0.3) is 0 Å². The van der Waals surface area contributed by atoms with Gasteiger partial charge in [-0.05, 0) is 71.8 Å². The summed E-state index contributed by atoms with van der Waals surface area (Å²) in [5.74, 6) is 0.0368. The molecule has 2 N–H and O–H groups in total. The fourth-order valence-corrected chi connectivity index (χ4v) is 2.77. The topological polar surface area (TPSA) is 46.3 Å². The van der Waals surface area contributed by atoms with E-state index in [0.29, 0.717) is 12.2 Å². The van der Waals surface area contributed by atoms with E-state index in [9.17, 15) is 4.79 Å². The smallest absolute Gasteiger partial charge is 0.259 e. The van der Waals surface area contributed by atoms with Crippen LogP contribution in [0.15, 0.2) is 42.5 Å². The van der Waals surface area contributed by atoms with Crippen LogP contribution in [0.3, 0.4) is 0 Å². The van der Waals surface area contributed by atoms with Crippen LogP contribution in [0.5, 0.6) is 0 Å². The standard InChI is InChI=1S/C17H19IN2O/c1-3-11-20(14-9-7-13(19)8-10-14)17(21)15-6-4-5-12(2)16(15)18/h4-10H,3,11,19H2,1-2H3. The SMILES string of the molecule is CCCN(C(=O)c1cccc(C)c1I)c1ccc(N)cc1. The number of anilines is 2. The number of aryl methyl sites for hydroxylation is 1. The molecule has 4 heteroatoms.